The Hall–Kier alpha value is -3.28. The fourth-order valence-corrected chi connectivity index (χ4v) is 3.84. The second kappa shape index (κ2) is 7.03. The maximum absolute atomic E-state index is 13.3. The Morgan fingerprint density at radius 1 is 1.18 bits per heavy atom. The van der Waals surface area contributed by atoms with Gasteiger partial charge < -0.3 is 19.5 Å². The second-order valence-corrected chi connectivity index (χ2v) is 7.06. The van der Waals surface area contributed by atoms with Crippen LogP contribution in [-0.4, -0.2) is 30.0 Å². The van der Waals surface area contributed by atoms with Crippen molar-refractivity contribution in [1.82, 2.24) is 4.57 Å². The largest absolute Gasteiger partial charge is 0.497 e. The first-order valence-corrected chi connectivity index (χ1v) is 9.35. The lowest BCUT2D eigenvalue weighted by atomic mass is 10.1. The molecule has 1 N–H and O–H groups in total. The monoisotopic (exact) mass is 377 g/mol. The molecule has 2 aromatic carbocycles. The minimum Gasteiger partial charge on any atom is -0.497 e. The molecule has 1 aromatic heterocycles. The first-order valence-electron chi connectivity index (χ1n) is 9.35. The molecule has 0 unspecified atom stereocenters. The van der Waals surface area contributed by atoms with E-state index in [2.05, 4.69) is 5.32 Å². The smallest absolute Gasteiger partial charge is 0.274 e. The van der Waals surface area contributed by atoms with Crippen LogP contribution in [0.1, 0.15) is 28.9 Å². The number of ether oxygens (including phenoxy) is 1. The van der Waals surface area contributed by atoms with E-state index in [1.165, 1.54) is 0 Å². The molecule has 0 bridgehead atoms. The Labute approximate surface area is 163 Å². The van der Waals surface area contributed by atoms with Gasteiger partial charge in [-0.15, -0.1) is 0 Å². The van der Waals surface area contributed by atoms with Crippen molar-refractivity contribution in [2.45, 2.75) is 19.8 Å². The van der Waals surface area contributed by atoms with E-state index >= 15 is 0 Å². The number of rotatable bonds is 4. The van der Waals surface area contributed by atoms with Crippen molar-refractivity contribution < 1.29 is 14.3 Å². The summed E-state index contributed by atoms with van der Waals surface area (Å²) < 4.78 is 7.23. The number of carbonyl (C=O) groups is 2. The minimum atomic E-state index is -0.235. The van der Waals surface area contributed by atoms with E-state index in [9.17, 15) is 9.59 Å². The van der Waals surface area contributed by atoms with Crippen LogP contribution < -0.4 is 15.0 Å². The van der Waals surface area contributed by atoms with Crippen LogP contribution >= 0.6 is 0 Å². The van der Waals surface area contributed by atoms with E-state index in [0.717, 1.165) is 28.6 Å². The molecule has 1 aliphatic heterocycles. The average Bonchev–Trinajstić information content (AvgIpc) is 3.23. The third-order valence-electron chi connectivity index (χ3n) is 5.33. The molecule has 1 saturated heterocycles. The van der Waals surface area contributed by atoms with Gasteiger partial charge in [-0.2, -0.15) is 0 Å². The van der Waals surface area contributed by atoms with Crippen LogP contribution in [0.15, 0.2) is 42.5 Å². The molecule has 0 aliphatic carbocycles. The zero-order valence-corrected chi connectivity index (χ0v) is 16.3. The molecule has 0 radical (unpaired) electrons. The summed E-state index contributed by atoms with van der Waals surface area (Å²) in [7, 11) is 3.46. The van der Waals surface area contributed by atoms with E-state index in [1.807, 2.05) is 61.0 Å². The minimum absolute atomic E-state index is 0.0419. The van der Waals surface area contributed by atoms with Crippen molar-refractivity contribution in [2.75, 3.05) is 23.9 Å². The molecule has 3 aromatic rings. The SMILES string of the molecule is COc1ccc2c(c1)c(N1CCCC1=O)c(C(=O)Nc1ccccc1C)n2C. The summed E-state index contributed by atoms with van der Waals surface area (Å²) in [5.74, 6) is 0.499. The fourth-order valence-electron chi connectivity index (χ4n) is 3.84. The average molecular weight is 377 g/mol. The van der Waals surface area contributed by atoms with Gasteiger partial charge in [0.05, 0.1) is 18.3 Å². The Kier molecular flexibility index (Phi) is 4.55. The van der Waals surface area contributed by atoms with E-state index < -0.39 is 0 Å². The highest BCUT2D eigenvalue weighted by Gasteiger charge is 2.31. The standard InChI is InChI=1S/C22H23N3O3/c1-14-7-4-5-8-17(14)23-22(27)21-20(25-12-6-9-19(25)26)16-13-15(28-3)10-11-18(16)24(21)2/h4-5,7-8,10-11,13H,6,9,12H2,1-3H3,(H,23,27). The number of benzene rings is 2. The molecule has 6 heteroatoms. The number of para-hydroxylation sites is 1. The molecule has 6 nitrogen and oxygen atoms in total. The molecule has 28 heavy (non-hydrogen) atoms. The Balaban J connectivity index is 1.89. The van der Waals surface area contributed by atoms with Gasteiger partial charge in [-0.1, -0.05) is 18.2 Å². The molecule has 0 atom stereocenters. The number of aryl methyl sites for hydroxylation is 2. The lowest BCUT2D eigenvalue weighted by Gasteiger charge is -2.18. The van der Waals surface area contributed by atoms with Gasteiger partial charge in [0.25, 0.3) is 5.91 Å². The maximum atomic E-state index is 13.3. The summed E-state index contributed by atoms with van der Waals surface area (Å²) in [5, 5.41) is 3.85. The van der Waals surface area contributed by atoms with Gasteiger partial charge in [-0.05, 0) is 43.2 Å². The van der Waals surface area contributed by atoms with Crippen LogP contribution in [0.4, 0.5) is 11.4 Å². The van der Waals surface area contributed by atoms with Crippen LogP contribution in [-0.2, 0) is 11.8 Å². The quantitative estimate of drug-likeness (QED) is 0.751. The van der Waals surface area contributed by atoms with Gasteiger partial charge in [0.1, 0.15) is 11.4 Å². The van der Waals surface area contributed by atoms with Crippen LogP contribution in [0, 0.1) is 6.92 Å². The van der Waals surface area contributed by atoms with Gasteiger partial charge in [0.15, 0.2) is 0 Å². The Morgan fingerprint density at radius 2 is 1.96 bits per heavy atom. The number of hydrogen-bond donors (Lipinski definition) is 1. The summed E-state index contributed by atoms with van der Waals surface area (Å²) in [6.07, 6.45) is 1.29. The summed E-state index contributed by atoms with van der Waals surface area (Å²) in [6, 6.07) is 13.3. The highest BCUT2D eigenvalue weighted by Crippen LogP contribution is 2.38. The Bertz CT molecular complexity index is 1080. The molecule has 2 amide bonds. The number of nitrogens with one attached hydrogen (secondary N) is 1. The van der Waals surface area contributed by atoms with Crippen molar-refractivity contribution >= 4 is 34.1 Å². The molecular weight excluding hydrogens is 354 g/mol. The molecular formula is C22H23N3O3. The highest BCUT2D eigenvalue weighted by atomic mass is 16.5. The van der Waals surface area contributed by atoms with Gasteiger partial charge in [0.2, 0.25) is 5.91 Å². The van der Waals surface area contributed by atoms with Crippen LogP contribution in [0.2, 0.25) is 0 Å². The third-order valence-corrected chi connectivity index (χ3v) is 5.33. The topological polar surface area (TPSA) is 63.6 Å². The van der Waals surface area contributed by atoms with Crippen molar-refractivity contribution in [3.8, 4) is 5.75 Å². The lowest BCUT2D eigenvalue weighted by molar-refractivity contribution is -0.117. The molecule has 1 aliphatic rings. The van der Waals surface area contributed by atoms with Crippen LogP contribution in [0.5, 0.6) is 5.75 Å². The van der Waals surface area contributed by atoms with E-state index in [1.54, 1.807) is 12.0 Å². The van der Waals surface area contributed by atoms with Gasteiger partial charge >= 0.3 is 0 Å². The Morgan fingerprint density at radius 3 is 2.64 bits per heavy atom. The van der Waals surface area contributed by atoms with Crippen molar-refractivity contribution in [1.29, 1.82) is 0 Å². The second-order valence-electron chi connectivity index (χ2n) is 7.06. The summed E-state index contributed by atoms with van der Waals surface area (Å²) >= 11 is 0. The first-order chi connectivity index (χ1) is 13.5. The van der Waals surface area contributed by atoms with Crippen LogP contribution in [0.25, 0.3) is 10.9 Å². The number of amides is 2. The van der Waals surface area contributed by atoms with Gasteiger partial charge in [0, 0.05) is 31.1 Å². The lowest BCUT2D eigenvalue weighted by Crippen LogP contribution is -2.27. The van der Waals surface area contributed by atoms with E-state index in [0.29, 0.717) is 30.1 Å². The molecule has 1 fully saturated rings. The van der Waals surface area contributed by atoms with Gasteiger partial charge in [-0.25, -0.2) is 0 Å². The third kappa shape index (κ3) is 2.91. The number of methoxy groups -OCH3 is 1. The fraction of sp³-hybridized carbons (Fsp3) is 0.273. The predicted molar refractivity (Wildman–Crippen MR) is 110 cm³/mol. The number of aromatic nitrogens is 1. The normalized spacial score (nSPS) is 14.0. The number of fused-ring (bicyclic) bond motifs is 1. The highest BCUT2D eigenvalue weighted by molar-refractivity contribution is 6.17. The van der Waals surface area contributed by atoms with E-state index in [-0.39, 0.29) is 11.8 Å². The zero-order chi connectivity index (χ0) is 19.8. The summed E-state index contributed by atoms with van der Waals surface area (Å²) in [4.78, 5) is 27.5. The molecule has 4 rings (SSSR count). The van der Waals surface area contributed by atoms with Crippen molar-refractivity contribution in [2.24, 2.45) is 7.05 Å². The summed E-state index contributed by atoms with van der Waals surface area (Å²) in [5.41, 5.74) is 3.75. The molecule has 0 saturated carbocycles. The zero-order valence-electron chi connectivity index (χ0n) is 16.3. The number of anilines is 2. The van der Waals surface area contributed by atoms with Crippen LogP contribution in [0.3, 0.4) is 0 Å². The number of hydrogen-bond acceptors (Lipinski definition) is 3. The molecule has 2 heterocycles. The van der Waals surface area contributed by atoms with Crippen molar-refractivity contribution in [3.63, 3.8) is 0 Å². The molecule has 0 spiro atoms. The first kappa shape index (κ1) is 18.1. The summed E-state index contributed by atoms with van der Waals surface area (Å²) in [6.45, 7) is 2.56. The van der Waals surface area contributed by atoms with E-state index in [4.69, 9.17) is 4.74 Å². The molecule has 144 valence electrons. The predicted octanol–water partition coefficient (Wildman–Crippen LogP) is 3.87. The van der Waals surface area contributed by atoms with Gasteiger partial charge in [-0.3, -0.25) is 9.59 Å². The number of carbonyl (C=O) groups excluding carboxylic acids is 2. The number of nitrogens with zero attached hydrogens (tertiary/aromatic N) is 2. The van der Waals surface area contributed by atoms with Crippen molar-refractivity contribution in [3.05, 3.63) is 53.7 Å². The maximum Gasteiger partial charge on any atom is 0.274 e.